The second-order valence-electron chi connectivity index (χ2n) is 11.2. The van der Waals surface area contributed by atoms with Gasteiger partial charge in [-0.2, -0.15) is 5.10 Å². The quantitative estimate of drug-likeness (QED) is 0.305. The Labute approximate surface area is 265 Å². The molecule has 0 aliphatic carbocycles. The number of methoxy groups -OCH3 is 1. The molecule has 12 heteroatoms. The van der Waals surface area contributed by atoms with E-state index >= 15 is 0 Å². The summed E-state index contributed by atoms with van der Waals surface area (Å²) in [6.45, 7) is 1.12. The highest BCUT2D eigenvalue weighted by Crippen LogP contribution is 2.29. The zero-order chi connectivity index (χ0) is 32.0. The first-order valence-electron chi connectivity index (χ1n) is 15.1. The minimum atomic E-state index is -0.487. The lowest BCUT2D eigenvalue weighted by molar-refractivity contribution is -0.124. The van der Waals surface area contributed by atoms with Crippen LogP contribution in [0, 0.1) is 5.82 Å². The highest BCUT2D eigenvalue weighted by atomic mass is 19.1. The zero-order valence-electron chi connectivity index (χ0n) is 25.3. The Morgan fingerprint density at radius 1 is 1.04 bits per heavy atom. The van der Waals surface area contributed by atoms with Crippen molar-refractivity contribution in [1.29, 1.82) is 0 Å². The van der Waals surface area contributed by atoms with Gasteiger partial charge in [-0.1, -0.05) is 24.3 Å². The number of H-pyrrole nitrogens is 1. The largest absolute Gasteiger partial charge is 0.497 e. The van der Waals surface area contributed by atoms with Crippen LogP contribution in [-0.4, -0.2) is 71.7 Å². The Morgan fingerprint density at radius 2 is 1.91 bits per heavy atom. The molecule has 2 aliphatic rings. The first-order valence-corrected chi connectivity index (χ1v) is 15.1. The van der Waals surface area contributed by atoms with Gasteiger partial charge in [-0.3, -0.25) is 19.5 Å². The van der Waals surface area contributed by atoms with Crippen LogP contribution >= 0.6 is 0 Å². The van der Waals surface area contributed by atoms with E-state index in [-0.39, 0.29) is 55.6 Å². The number of piperidine rings is 1. The van der Waals surface area contributed by atoms with Gasteiger partial charge in [-0.15, -0.1) is 0 Å². The van der Waals surface area contributed by atoms with Crippen molar-refractivity contribution in [2.24, 2.45) is 0 Å². The fraction of sp³-hybridized carbons (Fsp3) is 0.294. The molecule has 4 bridgehead atoms. The molecule has 3 N–H and O–H groups in total. The molecule has 0 radical (unpaired) electrons. The first kappa shape index (κ1) is 30.8. The molecule has 4 aromatic rings. The van der Waals surface area contributed by atoms with Gasteiger partial charge < -0.3 is 29.7 Å². The van der Waals surface area contributed by atoms with Crippen molar-refractivity contribution < 1.29 is 33.0 Å². The number of aromatic nitrogens is 2. The molecule has 238 valence electrons. The van der Waals surface area contributed by atoms with Crippen LogP contribution in [0.1, 0.15) is 45.7 Å². The number of hydrogen-bond acceptors (Lipinski definition) is 7. The normalized spacial score (nSPS) is 19.0. The number of benzene rings is 3. The topological polar surface area (TPSA) is 135 Å². The Kier molecular flexibility index (Phi) is 9.25. The minimum Gasteiger partial charge on any atom is -0.497 e. The van der Waals surface area contributed by atoms with Gasteiger partial charge in [0.25, 0.3) is 11.8 Å². The van der Waals surface area contributed by atoms with Gasteiger partial charge in [0.05, 0.1) is 31.6 Å². The summed E-state index contributed by atoms with van der Waals surface area (Å²) in [5.74, 6) is 0.202. The molecule has 0 saturated carbocycles. The summed E-state index contributed by atoms with van der Waals surface area (Å²) >= 11 is 0. The molecule has 11 nitrogen and oxygen atoms in total. The lowest BCUT2D eigenvalue weighted by Gasteiger charge is -2.38. The van der Waals surface area contributed by atoms with Gasteiger partial charge in [-0.05, 0) is 60.9 Å². The van der Waals surface area contributed by atoms with Crippen molar-refractivity contribution >= 4 is 17.7 Å². The molecule has 3 heterocycles. The van der Waals surface area contributed by atoms with E-state index in [2.05, 4.69) is 20.8 Å². The van der Waals surface area contributed by atoms with Gasteiger partial charge >= 0.3 is 0 Å². The average Bonchev–Trinajstić information content (AvgIpc) is 3.55. The van der Waals surface area contributed by atoms with Crippen molar-refractivity contribution in [3.8, 4) is 28.5 Å². The zero-order valence-corrected chi connectivity index (χ0v) is 25.3. The highest BCUT2D eigenvalue weighted by Gasteiger charge is 2.34. The summed E-state index contributed by atoms with van der Waals surface area (Å²) in [7, 11) is 1.52. The second-order valence-corrected chi connectivity index (χ2v) is 11.2. The van der Waals surface area contributed by atoms with E-state index in [0.717, 1.165) is 5.56 Å². The predicted molar refractivity (Wildman–Crippen MR) is 166 cm³/mol. The van der Waals surface area contributed by atoms with Crippen molar-refractivity contribution in [2.75, 3.05) is 26.7 Å². The number of amides is 3. The number of carbonyl (C=O) groups is 3. The Balaban J connectivity index is 1.19. The maximum absolute atomic E-state index is 14.3. The number of ether oxygens (including phenoxy) is 3. The fourth-order valence-electron chi connectivity index (χ4n) is 5.61. The summed E-state index contributed by atoms with van der Waals surface area (Å²) in [5, 5.41) is 12.8. The first-order chi connectivity index (χ1) is 22.4. The summed E-state index contributed by atoms with van der Waals surface area (Å²) in [4.78, 5) is 41.1. The van der Waals surface area contributed by atoms with Gasteiger partial charge in [0, 0.05) is 43.2 Å². The third-order valence-corrected chi connectivity index (χ3v) is 7.98. The molecule has 1 fully saturated rings. The van der Waals surface area contributed by atoms with E-state index < -0.39 is 11.9 Å². The lowest BCUT2D eigenvalue weighted by atomic mass is 10.0. The van der Waals surface area contributed by atoms with E-state index in [9.17, 15) is 18.8 Å². The monoisotopic (exact) mass is 627 g/mol. The van der Waals surface area contributed by atoms with Crippen LogP contribution in [0.5, 0.6) is 17.2 Å². The fourth-order valence-corrected chi connectivity index (χ4v) is 5.61. The standard InChI is InChI=1S/C34H34FN5O6/c1-44-24-15-22-16-25(17-24)46-23-7-4-6-21(14-23)20-45-31-11-13-40(19-30(31)37-32(41)10-5-12-36-33(22)42)34(43)29-18-28(38-39-29)26-8-2-3-9-27(26)35/h2-4,6-9,14-18,30-31H,5,10-13,19-20H2,1H3,(H,36,42)(H,37,41)(H,38,39)/t30-,31-/m0/s1. The van der Waals surface area contributed by atoms with E-state index in [1.165, 1.54) is 19.2 Å². The van der Waals surface area contributed by atoms with E-state index in [1.807, 2.05) is 18.2 Å². The van der Waals surface area contributed by atoms with Crippen molar-refractivity contribution in [2.45, 2.75) is 38.0 Å². The molecule has 2 atom stereocenters. The summed E-state index contributed by atoms with van der Waals surface area (Å²) in [6.07, 6.45) is 0.680. The number of nitrogens with one attached hydrogen (secondary N) is 3. The number of halogens is 1. The van der Waals surface area contributed by atoms with Crippen LogP contribution < -0.4 is 20.1 Å². The van der Waals surface area contributed by atoms with Gasteiger partial charge in [-0.25, -0.2) is 4.39 Å². The smallest absolute Gasteiger partial charge is 0.271 e. The molecular weight excluding hydrogens is 593 g/mol. The Morgan fingerprint density at radius 3 is 2.76 bits per heavy atom. The molecule has 3 aromatic carbocycles. The molecule has 0 spiro atoms. The molecule has 0 unspecified atom stereocenters. The number of aromatic amines is 1. The van der Waals surface area contributed by atoms with Crippen LogP contribution in [0.15, 0.2) is 72.8 Å². The van der Waals surface area contributed by atoms with E-state index in [0.29, 0.717) is 53.5 Å². The SMILES string of the molecule is COc1cc2cc(c1)C(=O)NCCCC(=O)N[C@H]1CN(C(=O)c3cc(-c4ccccc4F)n[nH]3)CC[C@@H]1OCc1cccc(c1)O2. The maximum atomic E-state index is 14.3. The van der Waals surface area contributed by atoms with Crippen LogP contribution in [0.4, 0.5) is 4.39 Å². The highest BCUT2D eigenvalue weighted by molar-refractivity contribution is 5.95. The molecule has 1 saturated heterocycles. The number of carbonyl (C=O) groups excluding carboxylic acids is 3. The van der Waals surface area contributed by atoms with Crippen LogP contribution in [-0.2, 0) is 16.1 Å². The van der Waals surface area contributed by atoms with Crippen LogP contribution in [0.2, 0.25) is 0 Å². The van der Waals surface area contributed by atoms with Gasteiger partial charge in [0.15, 0.2) is 0 Å². The minimum absolute atomic E-state index is 0.165. The predicted octanol–water partition coefficient (Wildman–Crippen LogP) is 4.46. The van der Waals surface area contributed by atoms with Crippen molar-refractivity contribution in [1.82, 2.24) is 25.7 Å². The molecule has 2 aliphatic heterocycles. The summed E-state index contributed by atoms with van der Waals surface area (Å²) in [6, 6.07) is 19.6. The van der Waals surface area contributed by atoms with E-state index in [4.69, 9.17) is 14.2 Å². The summed E-state index contributed by atoms with van der Waals surface area (Å²) < 4.78 is 32.1. The number of nitrogens with zero attached hydrogens (tertiary/aromatic N) is 2. The number of fused-ring (bicyclic) bond motifs is 5. The third kappa shape index (κ3) is 7.18. The van der Waals surface area contributed by atoms with Crippen LogP contribution in [0.3, 0.4) is 0 Å². The average molecular weight is 628 g/mol. The molecule has 1 aromatic heterocycles. The third-order valence-electron chi connectivity index (χ3n) is 7.98. The van der Waals surface area contributed by atoms with Crippen molar-refractivity contribution in [3.05, 3.63) is 95.4 Å². The molecule has 6 rings (SSSR count). The van der Waals surface area contributed by atoms with E-state index in [1.54, 1.807) is 47.4 Å². The number of likely N-dealkylation sites (tertiary alicyclic amines) is 1. The molecule has 3 amide bonds. The second kappa shape index (κ2) is 13.8. The summed E-state index contributed by atoms with van der Waals surface area (Å²) in [5.41, 5.74) is 2.06. The lowest BCUT2D eigenvalue weighted by Crippen LogP contribution is -2.57. The molecular formula is C34H34FN5O6. The molecule has 46 heavy (non-hydrogen) atoms. The maximum Gasteiger partial charge on any atom is 0.271 e. The van der Waals surface area contributed by atoms with Gasteiger partial charge in [0.2, 0.25) is 5.91 Å². The number of hydrogen-bond donors (Lipinski definition) is 3. The Bertz CT molecular complexity index is 1740. The Hall–Kier alpha value is -5.23. The van der Waals surface area contributed by atoms with Crippen LogP contribution in [0.25, 0.3) is 11.3 Å². The van der Waals surface area contributed by atoms with Crippen molar-refractivity contribution in [3.63, 3.8) is 0 Å². The number of rotatable bonds is 3. The van der Waals surface area contributed by atoms with Gasteiger partial charge in [0.1, 0.15) is 28.8 Å².